The van der Waals surface area contributed by atoms with Gasteiger partial charge in [-0.1, -0.05) is 31.2 Å². The molecule has 0 aromatic heterocycles. The molecule has 4 rings (SSSR count). The third-order valence-corrected chi connectivity index (χ3v) is 7.01. The highest BCUT2D eigenvalue weighted by molar-refractivity contribution is 14.0. The molecule has 0 amide bonds. The minimum absolute atomic E-state index is 0. The van der Waals surface area contributed by atoms with Crippen LogP contribution in [0.5, 0.6) is 0 Å². The second-order valence-electron chi connectivity index (χ2n) is 9.46. The van der Waals surface area contributed by atoms with Crippen molar-refractivity contribution in [3.05, 3.63) is 35.4 Å². The molecule has 0 radical (unpaired) electrons. The van der Waals surface area contributed by atoms with Crippen molar-refractivity contribution < 1.29 is 4.74 Å². The van der Waals surface area contributed by atoms with Crippen molar-refractivity contribution in [3.8, 4) is 0 Å². The van der Waals surface area contributed by atoms with Crippen LogP contribution in [0, 0.1) is 5.92 Å². The lowest BCUT2D eigenvalue weighted by Gasteiger charge is -2.32. The standard InChI is InChI=1S/C25H41N5O.HI/c1-3-26-25(30-12-10-24(20-30)29-13-15-31-16-14-29)27-17-22-8-4-5-9-23(22)19-28-11-6-7-21(2)18-28;/h4-5,8-9,21,24H,3,6-7,10-20H2,1-2H3,(H,26,27);1H. The van der Waals surface area contributed by atoms with E-state index in [4.69, 9.17) is 9.73 Å². The van der Waals surface area contributed by atoms with Crippen LogP contribution >= 0.6 is 24.0 Å². The number of ether oxygens (including phenoxy) is 1. The van der Waals surface area contributed by atoms with Gasteiger partial charge < -0.3 is 15.0 Å². The number of aliphatic imine (C=N–C) groups is 1. The molecule has 2 unspecified atom stereocenters. The number of morpholine rings is 1. The Bertz CT molecular complexity index is 724. The zero-order valence-corrected chi connectivity index (χ0v) is 22.3. The first-order valence-corrected chi connectivity index (χ1v) is 12.4. The molecule has 3 heterocycles. The average molecular weight is 556 g/mol. The van der Waals surface area contributed by atoms with Crippen molar-refractivity contribution in [3.63, 3.8) is 0 Å². The average Bonchev–Trinajstić information content (AvgIpc) is 3.28. The van der Waals surface area contributed by atoms with E-state index in [2.05, 4.69) is 58.1 Å². The van der Waals surface area contributed by atoms with Gasteiger partial charge in [0.05, 0.1) is 19.8 Å². The van der Waals surface area contributed by atoms with Crippen LogP contribution in [-0.2, 0) is 17.8 Å². The van der Waals surface area contributed by atoms with Crippen molar-refractivity contribution in [2.45, 2.75) is 52.2 Å². The first-order valence-electron chi connectivity index (χ1n) is 12.4. The van der Waals surface area contributed by atoms with E-state index in [1.807, 2.05) is 0 Å². The van der Waals surface area contributed by atoms with Gasteiger partial charge in [0.15, 0.2) is 5.96 Å². The van der Waals surface area contributed by atoms with Gasteiger partial charge in [-0.3, -0.25) is 9.80 Å². The van der Waals surface area contributed by atoms with Gasteiger partial charge >= 0.3 is 0 Å². The quantitative estimate of drug-likeness (QED) is 0.331. The zero-order chi connectivity index (χ0) is 21.5. The van der Waals surface area contributed by atoms with E-state index >= 15 is 0 Å². The Kier molecular flexibility index (Phi) is 10.5. The van der Waals surface area contributed by atoms with Crippen molar-refractivity contribution in [2.75, 3.05) is 59.0 Å². The SMILES string of the molecule is CCNC(=NCc1ccccc1CN1CCCC(C)C1)N1CCC(N2CCOCC2)C1.I. The summed E-state index contributed by atoms with van der Waals surface area (Å²) >= 11 is 0. The molecule has 0 aliphatic carbocycles. The highest BCUT2D eigenvalue weighted by atomic mass is 127. The van der Waals surface area contributed by atoms with Gasteiger partial charge in [-0.05, 0) is 49.8 Å². The first-order chi connectivity index (χ1) is 15.2. The van der Waals surface area contributed by atoms with E-state index in [-0.39, 0.29) is 24.0 Å². The predicted octanol–water partition coefficient (Wildman–Crippen LogP) is 3.41. The fourth-order valence-corrected chi connectivity index (χ4v) is 5.30. The normalized spacial score (nSPS) is 25.6. The lowest BCUT2D eigenvalue weighted by atomic mass is 9.99. The van der Waals surface area contributed by atoms with Crippen molar-refractivity contribution >= 4 is 29.9 Å². The van der Waals surface area contributed by atoms with E-state index in [0.29, 0.717) is 6.04 Å². The number of benzene rings is 1. The van der Waals surface area contributed by atoms with Gasteiger partial charge in [-0.2, -0.15) is 0 Å². The molecule has 32 heavy (non-hydrogen) atoms. The number of piperidine rings is 1. The molecule has 1 aromatic rings. The number of guanidine groups is 1. The maximum Gasteiger partial charge on any atom is 0.194 e. The minimum atomic E-state index is 0. The van der Waals surface area contributed by atoms with Crippen molar-refractivity contribution in [2.24, 2.45) is 10.9 Å². The molecular weight excluding hydrogens is 513 g/mol. The number of likely N-dealkylation sites (tertiary alicyclic amines) is 2. The van der Waals surface area contributed by atoms with Crippen LogP contribution in [0.15, 0.2) is 29.3 Å². The predicted molar refractivity (Wildman–Crippen MR) is 143 cm³/mol. The van der Waals surface area contributed by atoms with Gasteiger partial charge in [0, 0.05) is 51.9 Å². The Balaban J connectivity index is 0.00000289. The lowest BCUT2D eigenvalue weighted by Crippen LogP contribution is -2.46. The highest BCUT2D eigenvalue weighted by Gasteiger charge is 2.30. The number of rotatable bonds is 6. The van der Waals surface area contributed by atoms with Crippen LogP contribution in [0.3, 0.4) is 0 Å². The molecule has 1 N–H and O–H groups in total. The molecule has 0 saturated carbocycles. The van der Waals surface area contributed by atoms with Crippen LogP contribution in [0.25, 0.3) is 0 Å². The largest absolute Gasteiger partial charge is 0.379 e. The van der Waals surface area contributed by atoms with Crippen molar-refractivity contribution in [1.82, 2.24) is 20.0 Å². The van der Waals surface area contributed by atoms with Gasteiger partial charge in [-0.25, -0.2) is 4.99 Å². The summed E-state index contributed by atoms with van der Waals surface area (Å²) in [5.41, 5.74) is 2.80. The summed E-state index contributed by atoms with van der Waals surface area (Å²) in [7, 11) is 0. The molecule has 0 bridgehead atoms. The molecule has 0 spiro atoms. The van der Waals surface area contributed by atoms with E-state index in [0.717, 1.165) is 70.9 Å². The van der Waals surface area contributed by atoms with Crippen LogP contribution in [0.4, 0.5) is 0 Å². The van der Waals surface area contributed by atoms with E-state index < -0.39 is 0 Å². The molecule has 6 nitrogen and oxygen atoms in total. The fourth-order valence-electron chi connectivity index (χ4n) is 5.30. The second-order valence-corrected chi connectivity index (χ2v) is 9.46. The molecule has 3 aliphatic heterocycles. The lowest BCUT2D eigenvalue weighted by molar-refractivity contribution is 0.0195. The van der Waals surface area contributed by atoms with Crippen LogP contribution in [0.1, 0.15) is 44.2 Å². The van der Waals surface area contributed by atoms with Gasteiger partial charge in [0.1, 0.15) is 0 Å². The Morgan fingerprint density at radius 1 is 1.06 bits per heavy atom. The molecule has 3 saturated heterocycles. The molecule has 7 heteroatoms. The van der Waals surface area contributed by atoms with Gasteiger partial charge in [0.25, 0.3) is 0 Å². The Labute approximate surface area is 211 Å². The summed E-state index contributed by atoms with van der Waals surface area (Å²) in [6.45, 7) is 15.7. The van der Waals surface area contributed by atoms with E-state index in [9.17, 15) is 0 Å². The number of nitrogens with one attached hydrogen (secondary N) is 1. The molecule has 3 fully saturated rings. The number of nitrogens with zero attached hydrogens (tertiary/aromatic N) is 4. The number of hydrogen-bond acceptors (Lipinski definition) is 4. The van der Waals surface area contributed by atoms with Crippen molar-refractivity contribution in [1.29, 1.82) is 0 Å². The first kappa shape index (κ1) is 25.7. The Morgan fingerprint density at radius 3 is 2.59 bits per heavy atom. The maximum atomic E-state index is 5.54. The summed E-state index contributed by atoms with van der Waals surface area (Å²) in [6.07, 6.45) is 3.91. The maximum absolute atomic E-state index is 5.54. The van der Waals surface area contributed by atoms with Crippen LogP contribution in [0.2, 0.25) is 0 Å². The van der Waals surface area contributed by atoms with Gasteiger partial charge in [-0.15, -0.1) is 24.0 Å². The van der Waals surface area contributed by atoms with Gasteiger partial charge in [0.2, 0.25) is 0 Å². The third-order valence-electron chi connectivity index (χ3n) is 7.01. The monoisotopic (exact) mass is 555 g/mol. The summed E-state index contributed by atoms with van der Waals surface area (Å²) in [5.74, 6) is 1.88. The topological polar surface area (TPSA) is 43.3 Å². The van der Waals surface area contributed by atoms with E-state index in [1.165, 1.54) is 43.5 Å². The molecular formula is C25H42IN5O. The summed E-state index contributed by atoms with van der Waals surface area (Å²) in [5, 5.41) is 3.55. The Morgan fingerprint density at radius 2 is 1.84 bits per heavy atom. The Hall–Kier alpha value is -0.900. The number of halogens is 1. The highest BCUT2D eigenvalue weighted by Crippen LogP contribution is 2.21. The summed E-state index contributed by atoms with van der Waals surface area (Å²) in [4.78, 5) is 12.8. The zero-order valence-electron chi connectivity index (χ0n) is 20.0. The molecule has 2 atom stereocenters. The summed E-state index contributed by atoms with van der Waals surface area (Å²) in [6, 6.07) is 9.51. The fraction of sp³-hybridized carbons (Fsp3) is 0.720. The van der Waals surface area contributed by atoms with Crippen LogP contribution < -0.4 is 5.32 Å². The molecule has 180 valence electrons. The molecule has 1 aromatic carbocycles. The number of hydrogen-bond donors (Lipinski definition) is 1. The van der Waals surface area contributed by atoms with E-state index in [1.54, 1.807) is 0 Å². The smallest absolute Gasteiger partial charge is 0.194 e. The second kappa shape index (κ2) is 13.1. The molecule has 3 aliphatic rings. The third kappa shape index (κ3) is 7.05. The van der Waals surface area contributed by atoms with Crippen LogP contribution in [-0.4, -0.2) is 85.7 Å². The minimum Gasteiger partial charge on any atom is -0.379 e. The summed E-state index contributed by atoms with van der Waals surface area (Å²) < 4.78 is 5.54.